The summed E-state index contributed by atoms with van der Waals surface area (Å²) in [4.78, 5) is 11.3. The molecule has 4 heteroatoms. The Labute approximate surface area is 126 Å². The van der Waals surface area contributed by atoms with Crippen LogP contribution in [0.5, 0.6) is 0 Å². The van der Waals surface area contributed by atoms with Crippen molar-refractivity contribution in [1.82, 2.24) is 9.97 Å². The van der Waals surface area contributed by atoms with Crippen molar-refractivity contribution >= 4 is 17.3 Å². The van der Waals surface area contributed by atoms with Crippen LogP contribution in [-0.2, 0) is 12.8 Å². The van der Waals surface area contributed by atoms with Crippen LogP contribution >= 0.6 is 0 Å². The highest BCUT2D eigenvalue weighted by Crippen LogP contribution is 2.33. The molecule has 1 aliphatic rings. The summed E-state index contributed by atoms with van der Waals surface area (Å²) in [5, 5.41) is 0. The zero-order valence-electron chi connectivity index (χ0n) is 12.8. The minimum Gasteiger partial charge on any atom is -0.384 e. The third kappa shape index (κ3) is 2.84. The SMILES string of the molecule is CCCc1nc(N)cc(N2CCCc3cc(C)ccc32)n1. The third-order valence-electron chi connectivity index (χ3n) is 3.88. The van der Waals surface area contributed by atoms with Gasteiger partial charge in [0.15, 0.2) is 0 Å². The summed E-state index contributed by atoms with van der Waals surface area (Å²) in [5.74, 6) is 2.32. The molecule has 0 aliphatic carbocycles. The summed E-state index contributed by atoms with van der Waals surface area (Å²) >= 11 is 0. The molecule has 0 bridgehead atoms. The summed E-state index contributed by atoms with van der Waals surface area (Å²) in [6.07, 6.45) is 4.17. The molecular formula is C17H22N4. The standard InChI is InChI=1S/C17H22N4/c1-3-5-16-19-15(18)11-17(20-16)21-9-4-6-13-10-12(2)7-8-14(13)21/h7-8,10-11H,3-6,9H2,1-2H3,(H2,18,19,20). The number of nitrogen functional groups attached to an aromatic ring is 1. The van der Waals surface area contributed by atoms with Crippen molar-refractivity contribution in [3.8, 4) is 0 Å². The van der Waals surface area contributed by atoms with E-state index in [4.69, 9.17) is 10.7 Å². The zero-order chi connectivity index (χ0) is 14.8. The fraction of sp³-hybridized carbons (Fsp3) is 0.412. The van der Waals surface area contributed by atoms with E-state index < -0.39 is 0 Å². The molecular weight excluding hydrogens is 260 g/mol. The second-order valence-corrected chi connectivity index (χ2v) is 5.70. The fourth-order valence-corrected chi connectivity index (χ4v) is 2.94. The molecule has 2 N–H and O–H groups in total. The average Bonchev–Trinajstić information content (AvgIpc) is 2.46. The number of benzene rings is 1. The van der Waals surface area contributed by atoms with Gasteiger partial charge in [-0.15, -0.1) is 0 Å². The van der Waals surface area contributed by atoms with Crippen molar-refractivity contribution < 1.29 is 0 Å². The van der Waals surface area contributed by atoms with E-state index in [0.717, 1.165) is 43.9 Å². The quantitative estimate of drug-likeness (QED) is 0.937. The van der Waals surface area contributed by atoms with E-state index in [-0.39, 0.29) is 0 Å². The third-order valence-corrected chi connectivity index (χ3v) is 3.88. The maximum atomic E-state index is 5.96. The van der Waals surface area contributed by atoms with Gasteiger partial charge in [0, 0.05) is 24.7 Å². The predicted molar refractivity (Wildman–Crippen MR) is 86.9 cm³/mol. The van der Waals surface area contributed by atoms with E-state index in [1.165, 1.54) is 16.8 Å². The van der Waals surface area contributed by atoms with Gasteiger partial charge in [0.25, 0.3) is 0 Å². The topological polar surface area (TPSA) is 55.0 Å². The first-order chi connectivity index (χ1) is 10.2. The highest BCUT2D eigenvalue weighted by Gasteiger charge is 2.20. The van der Waals surface area contributed by atoms with Crippen LogP contribution in [0.15, 0.2) is 24.3 Å². The van der Waals surface area contributed by atoms with Gasteiger partial charge in [-0.2, -0.15) is 0 Å². The van der Waals surface area contributed by atoms with Crippen molar-refractivity contribution in [2.24, 2.45) is 0 Å². The maximum Gasteiger partial charge on any atom is 0.138 e. The molecule has 1 aromatic heterocycles. The van der Waals surface area contributed by atoms with Gasteiger partial charge in [0.1, 0.15) is 17.5 Å². The Hall–Kier alpha value is -2.10. The molecule has 0 spiro atoms. The smallest absolute Gasteiger partial charge is 0.138 e. The molecule has 1 aromatic carbocycles. The van der Waals surface area contributed by atoms with Crippen LogP contribution in [0.25, 0.3) is 0 Å². The lowest BCUT2D eigenvalue weighted by Crippen LogP contribution is -2.26. The Bertz CT molecular complexity index is 651. The molecule has 0 saturated carbocycles. The lowest BCUT2D eigenvalue weighted by Gasteiger charge is -2.31. The molecule has 110 valence electrons. The van der Waals surface area contributed by atoms with Gasteiger partial charge in [-0.1, -0.05) is 24.6 Å². The molecule has 3 rings (SSSR count). The van der Waals surface area contributed by atoms with Crippen LogP contribution in [0.2, 0.25) is 0 Å². The first-order valence-corrected chi connectivity index (χ1v) is 7.68. The van der Waals surface area contributed by atoms with Gasteiger partial charge < -0.3 is 10.6 Å². The van der Waals surface area contributed by atoms with E-state index in [1.54, 1.807) is 0 Å². The number of hydrogen-bond donors (Lipinski definition) is 1. The minimum atomic E-state index is 0.558. The van der Waals surface area contributed by atoms with Gasteiger partial charge in [0.05, 0.1) is 0 Å². The second kappa shape index (κ2) is 5.72. The number of nitrogens with two attached hydrogens (primary N) is 1. The Morgan fingerprint density at radius 3 is 2.90 bits per heavy atom. The van der Waals surface area contributed by atoms with E-state index in [9.17, 15) is 0 Å². The molecule has 0 saturated heterocycles. The van der Waals surface area contributed by atoms with Crippen LogP contribution in [0.3, 0.4) is 0 Å². The van der Waals surface area contributed by atoms with Crippen molar-refractivity contribution in [2.45, 2.75) is 39.5 Å². The first-order valence-electron chi connectivity index (χ1n) is 7.68. The minimum absolute atomic E-state index is 0.558. The fourth-order valence-electron chi connectivity index (χ4n) is 2.94. The van der Waals surface area contributed by atoms with Crippen LogP contribution < -0.4 is 10.6 Å². The van der Waals surface area contributed by atoms with E-state index in [0.29, 0.717) is 5.82 Å². The zero-order valence-corrected chi connectivity index (χ0v) is 12.8. The van der Waals surface area contributed by atoms with Crippen molar-refractivity contribution in [2.75, 3.05) is 17.2 Å². The van der Waals surface area contributed by atoms with Crippen molar-refractivity contribution in [1.29, 1.82) is 0 Å². The van der Waals surface area contributed by atoms with Gasteiger partial charge in [-0.3, -0.25) is 0 Å². The Morgan fingerprint density at radius 2 is 2.10 bits per heavy atom. The van der Waals surface area contributed by atoms with Crippen LogP contribution in [0.1, 0.15) is 36.7 Å². The average molecular weight is 282 g/mol. The Morgan fingerprint density at radius 1 is 1.24 bits per heavy atom. The molecule has 0 atom stereocenters. The first kappa shape index (κ1) is 13.9. The Balaban J connectivity index is 2.02. The summed E-state index contributed by atoms with van der Waals surface area (Å²) < 4.78 is 0. The predicted octanol–water partition coefficient (Wildman–Crippen LogP) is 3.40. The van der Waals surface area contributed by atoms with Crippen molar-refractivity contribution in [3.63, 3.8) is 0 Å². The maximum absolute atomic E-state index is 5.96. The summed E-state index contributed by atoms with van der Waals surface area (Å²) in [6, 6.07) is 8.52. The van der Waals surface area contributed by atoms with E-state index in [2.05, 4.69) is 41.9 Å². The molecule has 0 unspecified atom stereocenters. The number of anilines is 3. The monoisotopic (exact) mass is 282 g/mol. The highest BCUT2D eigenvalue weighted by molar-refractivity contribution is 5.67. The van der Waals surface area contributed by atoms with Crippen molar-refractivity contribution in [3.05, 3.63) is 41.2 Å². The molecule has 1 aliphatic heterocycles. The van der Waals surface area contributed by atoms with Gasteiger partial charge in [-0.05, 0) is 37.8 Å². The highest BCUT2D eigenvalue weighted by atomic mass is 15.2. The molecule has 0 radical (unpaired) electrons. The van der Waals surface area contributed by atoms with Crippen LogP contribution in [0, 0.1) is 6.92 Å². The van der Waals surface area contributed by atoms with E-state index in [1.807, 2.05) is 6.07 Å². The Kier molecular flexibility index (Phi) is 3.78. The van der Waals surface area contributed by atoms with Gasteiger partial charge >= 0.3 is 0 Å². The van der Waals surface area contributed by atoms with Gasteiger partial charge in [-0.25, -0.2) is 9.97 Å². The van der Waals surface area contributed by atoms with Crippen LogP contribution in [-0.4, -0.2) is 16.5 Å². The number of nitrogens with zero attached hydrogens (tertiary/aromatic N) is 3. The molecule has 21 heavy (non-hydrogen) atoms. The number of rotatable bonds is 3. The van der Waals surface area contributed by atoms with E-state index >= 15 is 0 Å². The largest absolute Gasteiger partial charge is 0.384 e. The summed E-state index contributed by atoms with van der Waals surface area (Å²) in [7, 11) is 0. The number of aromatic nitrogens is 2. The van der Waals surface area contributed by atoms with Gasteiger partial charge in [0.2, 0.25) is 0 Å². The molecule has 2 aromatic rings. The molecule has 0 amide bonds. The normalized spacial score (nSPS) is 14.1. The summed E-state index contributed by atoms with van der Waals surface area (Å²) in [5.41, 5.74) is 9.93. The number of aryl methyl sites for hydroxylation is 3. The van der Waals surface area contributed by atoms with Crippen LogP contribution in [0.4, 0.5) is 17.3 Å². The second-order valence-electron chi connectivity index (χ2n) is 5.70. The number of hydrogen-bond acceptors (Lipinski definition) is 4. The summed E-state index contributed by atoms with van der Waals surface area (Å²) in [6.45, 7) is 5.25. The molecule has 0 fully saturated rings. The lowest BCUT2D eigenvalue weighted by atomic mass is 9.99. The lowest BCUT2D eigenvalue weighted by molar-refractivity contribution is 0.750. The molecule has 4 nitrogen and oxygen atoms in total. The number of fused-ring (bicyclic) bond motifs is 1. The molecule has 2 heterocycles.